The average molecular weight is 214 g/mol. The van der Waals surface area contributed by atoms with Gasteiger partial charge in [-0.25, -0.2) is 0 Å². The highest BCUT2D eigenvalue weighted by molar-refractivity contribution is 5.53. The zero-order valence-electron chi connectivity index (χ0n) is 8.85. The number of rotatable bonds is 2. The summed E-state index contributed by atoms with van der Waals surface area (Å²) in [5.41, 5.74) is 14.5. The van der Waals surface area contributed by atoms with Crippen LogP contribution in [-0.4, -0.2) is 5.11 Å². The monoisotopic (exact) mass is 214 g/mol. The topological polar surface area (TPSA) is 72.3 Å². The van der Waals surface area contributed by atoms with Crippen molar-refractivity contribution in [2.24, 2.45) is 0 Å². The van der Waals surface area contributed by atoms with E-state index in [2.05, 4.69) is 0 Å². The largest absolute Gasteiger partial charge is 0.506 e. The van der Waals surface area contributed by atoms with Gasteiger partial charge in [0.1, 0.15) is 5.75 Å². The van der Waals surface area contributed by atoms with Gasteiger partial charge in [0.2, 0.25) is 0 Å². The Balaban J connectivity index is 2.24. The summed E-state index contributed by atoms with van der Waals surface area (Å²) in [6.45, 7) is 0. The van der Waals surface area contributed by atoms with Crippen molar-refractivity contribution >= 4 is 11.4 Å². The molecule has 0 aliphatic carbocycles. The molecule has 2 aromatic carbocycles. The Labute approximate surface area is 94.3 Å². The molecule has 0 aliphatic heterocycles. The fraction of sp³-hybridized carbons (Fsp3) is 0.0769. The van der Waals surface area contributed by atoms with Gasteiger partial charge in [-0.05, 0) is 41.8 Å². The summed E-state index contributed by atoms with van der Waals surface area (Å²) in [4.78, 5) is 0. The van der Waals surface area contributed by atoms with E-state index in [1.165, 1.54) is 0 Å². The van der Waals surface area contributed by atoms with Crippen molar-refractivity contribution in [3.63, 3.8) is 0 Å². The lowest BCUT2D eigenvalue weighted by Gasteiger charge is -2.05. The second-order valence-corrected chi connectivity index (χ2v) is 3.81. The predicted molar refractivity (Wildman–Crippen MR) is 66.2 cm³/mol. The quantitative estimate of drug-likeness (QED) is 0.529. The van der Waals surface area contributed by atoms with E-state index in [-0.39, 0.29) is 5.75 Å². The fourth-order valence-corrected chi connectivity index (χ4v) is 1.64. The van der Waals surface area contributed by atoms with Gasteiger partial charge in [-0.3, -0.25) is 0 Å². The van der Waals surface area contributed by atoms with Crippen LogP contribution in [0.5, 0.6) is 5.75 Å². The van der Waals surface area contributed by atoms with E-state index >= 15 is 0 Å². The molecule has 2 aromatic rings. The molecule has 3 nitrogen and oxygen atoms in total. The molecule has 0 bridgehead atoms. The molecule has 0 saturated carbocycles. The van der Waals surface area contributed by atoms with Gasteiger partial charge in [0, 0.05) is 5.69 Å². The molecule has 0 saturated heterocycles. The van der Waals surface area contributed by atoms with Crippen molar-refractivity contribution in [2.45, 2.75) is 6.42 Å². The Hall–Kier alpha value is -2.16. The van der Waals surface area contributed by atoms with Crippen LogP contribution in [-0.2, 0) is 6.42 Å². The molecule has 0 atom stereocenters. The number of hydrogen-bond acceptors (Lipinski definition) is 3. The summed E-state index contributed by atoms with van der Waals surface area (Å²) in [6, 6.07) is 13.0. The van der Waals surface area contributed by atoms with Crippen molar-refractivity contribution < 1.29 is 5.11 Å². The second-order valence-electron chi connectivity index (χ2n) is 3.81. The summed E-state index contributed by atoms with van der Waals surface area (Å²) in [7, 11) is 0. The van der Waals surface area contributed by atoms with Crippen LogP contribution in [0.4, 0.5) is 11.4 Å². The van der Waals surface area contributed by atoms with Crippen molar-refractivity contribution in [1.29, 1.82) is 0 Å². The zero-order chi connectivity index (χ0) is 11.5. The number of aromatic hydroxyl groups is 1. The van der Waals surface area contributed by atoms with Crippen molar-refractivity contribution in [3.8, 4) is 5.75 Å². The summed E-state index contributed by atoms with van der Waals surface area (Å²) in [5, 5.41) is 9.48. The maximum absolute atomic E-state index is 9.48. The van der Waals surface area contributed by atoms with E-state index in [9.17, 15) is 5.11 Å². The first-order chi connectivity index (χ1) is 7.65. The summed E-state index contributed by atoms with van der Waals surface area (Å²) < 4.78 is 0. The first kappa shape index (κ1) is 10.4. The van der Waals surface area contributed by atoms with Crippen molar-refractivity contribution in [3.05, 3.63) is 53.6 Å². The molecule has 16 heavy (non-hydrogen) atoms. The number of phenols is 1. The Morgan fingerprint density at radius 2 is 1.69 bits per heavy atom. The second kappa shape index (κ2) is 4.14. The molecular weight excluding hydrogens is 200 g/mol. The number of nitrogens with two attached hydrogens (primary N) is 2. The lowest BCUT2D eigenvalue weighted by Crippen LogP contribution is -1.92. The van der Waals surface area contributed by atoms with Gasteiger partial charge in [-0.2, -0.15) is 0 Å². The third kappa shape index (κ3) is 2.25. The molecular formula is C13H14N2O. The lowest BCUT2D eigenvalue weighted by molar-refractivity contribution is 0.477. The maximum Gasteiger partial charge on any atom is 0.138 e. The Kier molecular flexibility index (Phi) is 2.68. The molecule has 5 N–H and O–H groups in total. The van der Waals surface area contributed by atoms with E-state index in [1.54, 1.807) is 12.1 Å². The predicted octanol–water partition coefficient (Wildman–Crippen LogP) is 2.15. The van der Waals surface area contributed by atoms with Crippen LogP contribution < -0.4 is 11.5 Å². The number of nitrogen functional groups attached to an aromatic ring is 2. The highest BCUT2D eigenvalue weighted by Crippen LogP contribution is 2.22. The van der Waals surface area contributed by atoms with Crippen LogP contribution >= 0.6 is 0 Å². The highest BCUT2D eigenvalue weighted by atomic mass is 16.3. The van der Waals surface area contributed by atoms with Gasteiger partial charge in [-0.1, -0.05) is 18.2 Å². The van der Waals surface area contributed by atoms with Crippen LogP contribution in [0.3, 0.4) is 0 Å². The number of benzene rings is 2. The Morgan fingerprint density at radius 3 is 2.38 bits per heavy atom. The Morgan fingerprint density at radius 1 is 0.938 bits per heavy atom. The normalized spacial score (nSPS) is 10.2. The molecule has 2 rings (SSSR count). The zero-order valence-corrected chi connectivity index (χ0v) is 8.85. The minimum atomic E-state index is 0.126. The first-order valence-corrected chi connectivity index (χ1v) is 5.07. The summed E-state index contributed by atoms with van der Waals surface area (Å²) in [6.07, 6.45) is 0.735. The standard InChI is InChI=1S/C13H14N2O/c14-11-3-1-2-9(7-11)6-10-4-5-12(15)13(16)8-10/h1-5,7-8,16H,6,14-15H2. The minimum absolute atomic E-state index is 0.126. The molecule has 82 valence electrons. The van der Waals surface area contributed by atoms with Crippen LogP contribution in [0.15, 0.2) is 42.5 Å². The van der Waals surface area contributed by atoms with Crippen molar-refractivity contribution in [1.82, 2.24) is 0 Å². The third-order valence-corrected chi connectivity index (χ3v) is 2.45. The number of hydrogen-bond donors (Lipinski definition) is 3. The highest BCUT2D eigenvalue weighted by Gasteiger charge is 2.00. The maximum atomic E-state index is 9.48. The van der Waals surface area contributed by atoms with Gasteiger partial charge in [0.25, 0.3) is 0 Å². The average Bonchev–Trinajstić information content (AvgIpc) is 2.24. The minimum Gasteiger partial charge on any atom is -0.506 e. The number of anilines is 2. The third-order valence-electron chi connectivity index (χ3n) is 2.45. The van der Waals surface area contributed by atoms with Crippen LogP contribution in [0.1, 0.15) is 11.1 Å². The lowest BCUT2D eigenvalue weighted by atomic mass is 10.0. The van der Waals surface area contributed by atoms with Gasteiger partial charge in [-0.15, -0.1) is 0 Å². The molecule has 0 radical (unpaired) electrons. The van der Waals surface area contributed by atoms with Crippen LogP contribution in [0, 0.1) is 0 Å². The molecule has 0 spiro atoms. The van der Waals surface area contributed by atoms with E-state index in [0.29, 0.717) is 5.69 Å². The fourth-order valence-electron chi connectivity index (χ4n) is 1.64. The molecule has 3 heteroatoms. The van der Waals surface area contributed by atoms with E-state index in [0.717, 1.165) is 23.2 Å². The van der Waals surface area contributed by atoms with E-state index in [4.69, 9.17) is 11.5 Å². The Bertz CT molecular complexity index is 509. The molecule has 0 aliphatic rings. The van der Waals surface area contributed by atoms with Gasteiger partial charge >= 0.3 is 0 Å². The molecule has 0 heterocycles. The van der Waals surface area contributed by atoms with E-state index in [1.807, 2.05) is 30.3 Å². The SMILES string of the molecule is Nc1cccc(Cc2ccc(N)c(O)c2)c1. The molecule has 0 amide bonds. The molecule has 0 fully saturated rings. The summed E-state index contributed by atoms with van der Waals surface area (Å²) in [5.74, 6) is 0.126. The van der Waals surface area contributed by atoms with Gasteiger partial charge < -0.3 is 16.6 Å². The number of phenolic OH excluding ortho intramolecular Hbond substituents is 1. The van der Waals surface area contributed by atoms with Crippen LogP contribution in [0.2, 0.25) is 0 Å². The smallest absolute Gasteiger partial charge is 0.138 e. The van der Waals surface area contributed by atoms with Gasteiger partial charge in [0.15, 0.2) is 0 Å². The van der Waals surface area contributed by atoms with Crippen molar-refractivity contribution in [2.75, 3.05) is 11.5 Å². The summed E-state index contributed by atoms with van der Waals surface area (Å²) >= 11 is 0. The first-order valence-electron chi connectivity index (χ1n) is 5.07. The van der Waals surface area contributed by atoms with Crippen LogP contribution in [0.25, 0.3) is 0 Å². The molecule has 0 aromatic heterocycles. The molecule has 0 unspecified atom stereocenters. The van der Waals surface area contributed by atoms with E-state index < -0.39 is 0 Å². The van der Waals surface area contributed by atoms with Gasteiger partial charge in [0.05, 0.1) is 5.69 Å².